The van der Waals surface area contributed by atoms with Crippen LogP contribution in [0.4, 0.5) is 0 Å². The van der Waals surface area contributed by atoms with E-state index < -0.39 is 0 Å². The maximum atomic E-state index is 4.29. The maximum Gasteiger partial charge on any atom is 0.0535 e. The van der Waals surface area contributed by atoms with Gasteiger partial charge in [-0.05, 0) is 6.92 Å². The number of H-pyrrole nitrogens is 1. The van der Waals surface area contributed by atoms with Crippen LogP contribution in [0.1, 0.15) is 5.69 Å². The van der Waals surface area contributed by atoms with Crippen molar-refractivity contribution >= 4 is 0 Å². The predicted molar refractivity (Wildman–Crippen MR) is 47.6 cm³/mol. The number of hydrogen-bond acceptors (Lipinski definition) is 1. The number of benzene rings is 1. The van der Waals surface area contributed by atoms with Gasteiger partial charge in [-0.15, -0.1) is 35.9 Å². The number of aromatic amines is 1. The molecule has 0 atom stereocenters. The summed E-state index contributed by atoms with van der Waals surface area (Å²) in [6.07, 6.45) is 1.89. The first-order valence-electron chi connectivity index (χ1n) is 3.85. The van der Waals surface area contributed by atoms with E-state index in [4.69, 9.17) is 0 Å². The zero-order valence-corrected chi connectivity index (χ0v) is 9.56. The van der Waals surface area contributed by atoms with E-state index >= 15 is 0 Å². The number of hydrogen-bond donors (Lipinski definition) is 1. The van der Waals surface area contributed by atoms with Gasteiger partial charge in [0.25, 0.3) is 0 Å². The Hall–Kier alpha value is -0.921. The van der Waals surface area contributed by atoms with E-state index in [0.717, 1.165) is 17.1 Å². The number of nitrogens with zero attached hydrogens (tertiary/aromatic N) is 1. The molecular formula is C10H9IrN2-. The molecule has 1 aromatic heterocycles. The fourth-order valence-electron chi connectivity index (χ4n) is 1.09. The maximum absolute atomic E-state index is 4.29. The van der Waals surface area contributed by atoms with Crippen molar-refractivity contribution in [3.63, 3.8) is 0 Å². The third-order valence-corrected chi connectivity index (χ3v) is 1.67. The molecule has 69 valence electrons. The molecule has 0 saturated carbocycles. The van der Waals surface area contributed by atoms with Crippen molar-refractivity contribution in [3.8, 4) is 11.4 Å². The van der Waals surface area contributed by atoms with Gasteiger partial charge in [-0.2, -0.15) is 0 Å². The standard InChI is InChI=1S/C10H9N2.Ir/c1-8-7-11-10(12-8)9-5-3-2-4-6-9;/h2-5,7H,1H3,(H,11,12);/q-1;. The smallest absolute Gasteiger partial charge is 0.0535 e. The number of aromatic nitrogens is 2. The van der Waals surface area contributed by atoms with Crippen LogP contribution in [-0.4, -0.2) is 9.97 Å². The Morgan fingerprint density at radius 3 is 2.77 bits per heavy atom. The number of rotatable bonds is 1. The molecule has 0 aliphatic rings. The molecule has 1 aromatic carbocycles. The van der Waals surface area contributed by atoms with E-state index in [-0.39, 0.29) is 20.1 Å². The molecule has 2 rings (SSSR count). The quantitative estimate of drug-likeness (QED) is 0.786. The Balaban J connectivity index is 0.000000845. The summed E-state index contributed by atoms with van der Waals surface area (Å²) in [6.45, 7) is 1.96. The van der Waals surface area contributed by atoms with Crippen LogP contribution in [0.2, 0.25) is 0 Å². The Labute approximate surface area is 90.8 Å². The Morgan fingerprint density at radius 2 is 2.23 bits per heavy atom. The normalized spacial score (nSPS) is 9.31. The fourth-order valence-corrected chi connectivity index (χ4v) is 1.09. The van der Waals surface area contributed by atoms with E-state index in [0.29, 0.717) is 0 Å². The van der Waals surface area contributed by atoms with Crippen molar-refractivity contribution in [3.05, 3.63) is 42.2 Å². The molecule has 0 saturated heterocycles. The molecule has 2 aromatic rings. The second-order valence-corrected chi connectivity index (χ2v) is 2.67. The van der Waals surface area contributed by atoms with E-state index in [2.05, 4.69) is 16.0 Å². The van der Waals surface area contributed by atoms with Crippen LogP contribution < -0.4 is 0 Å². The first kappa shape index (κ1) is 10.2. The predicted octanol–water partition coefficient (Wildman–Crippen LogP) is 2.18. The van der Waals surface area contributed by atoms with Gasteiger partial charge < -0.3 is 4.98 Å². The second-order valence-electron chi connectivity index (χ2n) is 2.67. The minimum absolute atomic E-state index is 0. The first-order chi connectivity index (χ1) is 5.86. The van der Waals surface area contributed by atoms with Gasteiger partial charge in [-0.3, -0.25) is 4.98 Å². The van der Waals surface area contributed by atoms with E-state index in [1.54, 1.807) is 0 Å². The molecule has 3 heteroatoms. The third kappa shape index (κ3) is 2.27. The van der Waals surface area contributed by atoms with Crippen LogP contribution in [-0.2, 0) is 20.1 Å². The summed E-state index contributed by atoms with van der Waals surface area (Å²) in [5, 5.41) is 0. The Kier molecular flexibility index (Phi) is 3.40. The van der Waals surface area contributed by atoms with Crippen LogP contribution in [0.3, 0.4) is 0 Å². The molecule has 1 heterocycles. The molecule has 0 aliphatic heterocycles. The van der Waals surface area contributed by atoms with Gasteiger partial charge >= 0.3 is 0 Å². The topological polar surface area (TPSA) is 28.7 Å². The van der Waals surface area contributed by atoms with E-state index in [1.807, 2.05) is 37.4 Å². The van der Waals surface area contributed by atoms with Gasteiger partial charge in [-0.1, -0.05) is 0 Å². The van der Waals surface area contributed by atoms with Crippen LogP contribution >= 0.6 is 0 Å². The zero-order chi connectivity index (χ0) is 8.39. The number of imidazole rings is 1. The second kappa shape index (κ2) is 4.35. The van der Waals surface area contributed by atoms with Gasteiger partial charge in [0.15, 0.2) is 0 Å². The minimum atomic E-state index is 0. The zero-order valence-electron chi connectivity index (χ0n) is 7.17. The molecule has 0 fully saturated rings. The van der Waals surface area contributed by atoms with Crippen LogP contribution in [0.25, 0.3) is 11.4 Å². The van der Waals surface area contributed by atoms with Crippen molar-refractivity contribution < 1.29 is 20.1 Å². The number of nitrogens with one attached hydrogen (secondary N) is 1. The summed E-state index contributed by atoms with van der Waals surface area (Å²) in [4.78, 5) is 7.37. The molecule has 0 amide bonds. The molecule has 1 N–H and O–H groups in total. The van der Waals surface area contributed by atoms with Crippen molar-refractivity contribution in [2.75, 3.05) is 0 Å². The molecule has 0 aliphatic carbocycles. The number of aryl methyl sites for hydroxylation is 1. The average Bonchev–Trinajstić information content (AvgIpc) is 2.54. The van der Waals surface area contributed by atoms with Gasteiger partial charge in [0.1, 0.15) is 0 Å². The molecule has 1 radical (unpaired) electrons. The molecule has 0 spiro atoms. The summed E-state index contributed by atoms with van der Waals surface area (Å²) in [7, 11) is 0. The minimum Gasteiger partial charge on any atom is -0.384 e. The average molecular weight is 349 g/mol. The van der Waals surface area contributed by atoms with Gasteiger partial charge in [-0.25, -0.2) is 0 Å². The molecule has 0 unspecified atom stereocenters. The largest absolute Gasteiger partial charge is 0.384 e. The van der Waals surface area contributed by atoms with Gasteiger partial charge in [0.2, 0.25) is 0 Å². The van der Waals surface area contributed by atoms with Crippen molar-refractivity contribution in [1.29, 1.82) is 0 Å². The van der Waals surface area contributed by atoms with E-state index in [9.17, 15) is 0 Å². The van der Waals surface area contributed by atoms with Crippen molar-refractivity contribution in [1.82, 2.24) is 9.97 Å². The monoisotopic (exact) mass is 350 g/mol. The SMILES string of the molecule is Cc1c[nH]c(-c2[c-]cccc2)n1.[Ir]. The van der Waals surface area contributed by atoms with Crippen LogP contribution in [0.5, 0.6) is 0 Å². The fraction of sp³-hybridized carbons (Fsp3) is 0.100. The summed E-state index contributed by atoms with van der Waals surface area (Å²) < 4.78 is 0. The summed E-state index contributed by atoms with van der Waals surface area (Å²) in [5.74, 6) is 0.883. The van der Waals surface area contributed by atoms with Gasteiger partial charge in [0, 0.05) is 32.0 Å². The third-order valence-electron chi connectivity index (χ3n) is 1.67. The molecular weight excluding hydrogens is 340 g/mol. The Bertz CT molecular complexity index is 367. The Morgan fingerprint density at radius 1 is 1.38 bits per heavy atom. The summed E-state index contributed by atoms with van der Waals surface area (Å²) >= 11 is 0. The molecule has 2 nitrogen and oxygen atoms in total. The van der Waals surface area contributed by atoms with E-state index in [1.165, 1.54) is 0 Å². The molecule has 13 heavy (non-hydrogen) atoms. The van der Waals surface area contributed by atoms with Crippen molar-refractivity contribution in [2.24, 2.45) is 0 Å². The molecule has 0 bridgehead atoms. The van der Waals surface area contributed by atoms with Crippen LogP contribution in [0.15, 0.2) is 30.5 Å². The summed E-state index contributed by atoms with van der Waals surface area (Å²) in [6, 6.07) is 10.9. The summed E-state index contributed by atoms with van der Waals surface area (Å²) in [5.41, 5.74) is 2.01. The van der Waals surface area contributed by atoms with Crippen molar-refractivity contribution in [2.45, 2.75) is 6.92 Å². The van der Waals surface area contributed by atoms with Gasteiger partial charge in [0.05, 0.1) is 5.82 Å². The van der Waals surface area contributed by atoms with Crippen LogP contribution in [0, 0.1) is 13.0 Å². The first-order valence-corrected chi connectivity index (χ1v) is 3.85.